The van der Waals surface area contributed by atoms with Crippen LogP contribution in [0.3, 0.4) is 0 Å². The molecule has 1 aromatic rings. The summed E-state index contributed by atoms with van der Waals surface area (Å²) in [6.45, 7) is 0. The van der Waals surface area contributed by atoms with Crippen LogP contribution in [0.1, 0.15) is 32.1 Å². The van der Waals surface area contributed by atoms with Crippen LogP contribution in [-0.4, -0.2) is 11.8 Å². The molecule has 0 heterocycles. The van der Waals surface area contributed by atoms with Gasteiger partial charge >= 0.3 is 0 Å². The maximum absolute atomic E-state index is 6.32. The summed E-state index contributed by atoms with van der Waals surface area (Å²) in [7, 11) is 0. The van der Waals surface area contributed by atoms with Crippen molar-refractivity contribution in [3.8, 4) is 0 Å². The second-order valence-electron chi connectivity index (χ2n) is 6.17. The second-order valence-corrected chi connectivity index (χ2v) is 7.64. The Morgan fingerprint density at radius 3 is 2.79 bits per heavy atom. The fourth-order valence-electron chi connectivity index (χ4n) is 3.88. The van der Waals surface area contributed by atoms with Crippen LogP contribution < -0.4 is 5.73 Å². The van der Waals surface area contributed by atoms with Gasteiger partial charge in [-0.05, 0) is 55.6 Å². The van der Waals surface area contributed by atoms with Gasteiger partial charge in [-0.1, -0.05) is 30.2 Å². The lowest BCUT2D eigenvalue weighted by Crippen LogP contribution is -2.28. The van der Waals surface area contributed by atoms with Crippen molar-refractivity contribution >= 4 is 23.4 Å². The molecule has 0 radical (unpaired) electrons. The first kappa shape index (κ1) is 13.8. The van der Waals surface area contributed by atoms with Gasteiger partial charge in [0.2, 0.25) is 0 Å². The van der Waals surface area contributed by atoms with Crippen molar-refractivity contribution < 1.29 is 0 Å². The topological polar surface area (TPSA) is 26.0 Å². The van der Waals surface area contributed by atoms with Crippen molar-refractivity contribution in [2.75, 3.05) is 5.75 Å². The standard InChI is InChI=1S/C16H22ClNS/c17-15-3-1-2-4-16(15)19-10-14(18)9-13-8-11-5-6-12(13)7-11/h1-4,11-14H,5-10,18H2. The van der Waals surface area contributed by atoms with Crippen LogP contribution in [0, 0.1) is 17.8 Å². The zero-order chi connectivity index (χ0) is 13.2. The molecular formula is C16H22ClNS. The van der Waals surface area contributed by atoms with Crippen LogP contribution in [0.5, 0.6) is 0 Å². The Bertz CT molecular complexity index is 437. The van der Waals surface area contributed by atoms with Gasteiger partial charge in [0.1, 0.15) is 0 Å². The average Bonchev–Trinajstić information content (AvgIpc) is 3.00. The minimum atomic E-state index is 0.311. The normalized spacial score (nSPS) is 30.7. The molecule has 2 saturated carbocycles. The molecule has 2 aliphatic carbocycles. The number of fused-ring (bicyclic) bond motifs is 2. The third-order valence-corrected chi connectivity index (χ3v) is 6.48. The van der Waals surface area contributed by atoms with E-state index in [0.29, 0.717) is 6.04 Å². The molecule has 0 aliphatic heterocycles. The first-order valence-electron chi connectivity index (χ1n) is 7.35. The quantitative estimate of drug-likeness (QED) is 0.804. The predicted octanol–water partition coefficient (Wildman–Crippen LogP) is 4.59. The largest absolute Gasteiger partial charge is 0.327 e. The van der Waals surface area contributed by atoms with E-state index in [1.54, 1.807) is 11.8 Å². The Kier molecular flexibility index (Phi) is 4.40. The number of halogens is 1. The predicted molar refractivity (Wildman–Crippen MR) is 83.7 cm³/mol. The van der Waals surface area contributed by atoms with Crippen molar-refractivity contribution in [1.29, 1.82) is 0 Å². The van der Waals surface area contributed by atoms with E-state index in [0.717, 1.165) is 33.4 Å². The molecule has 104 valence electrons. The summed E-state index contributed by atoms with van der Waals surface area (Å²) < 4.78 is 0. The molecule has 1 aromatic carbocycles. The first-order chi connectivity index (χ1) is 9.22. The van der Waals surface area contributed by atoms with Gasteiger partial charge in [-0.3, -0.25) is 0 Å². The van der Waals surface area contributed by atoms with E-state index in [-0.39, 0.29) is 0 Å². The molecule has 1 nitrogen and oxygen atoms in total. The highest BCUT2D eigenvalue weighted by atomic mass is 35.5. The van der Waals surface area contributed by atoms with Crippen LogP contribution in [-0.2, 0) is 0 Å². The van der Waals surface area contributed by atoms with Crippen LogP contribution >= 0.6 is 23.4 Å². The maximum atomic E-state index is 6.32. The summed E-state index contributed by atoms with van der Waals surface area (Å²) in [5.74, 6) is 3.90. The third kappa shape index (κ3) is 3.29. The van der Waals surface area contributed by atoms with Gasteiger partial charge in [-0.15, -0.1) is 11.8 Å². The minimum Gasteiger partial charge on any atom is -0.327 e. The lowest BCUT2D eigenvalue weighted by Gasteiger charge is -2.24. The van der Waals surface area contributed by atoms with Crippen LogP contribution in [0.4, 0.5) is 0 Å². The molecule has 4 unspecified atom stereocenters. The Labute approximate surface area is 125 Å². The van der Waals surface area contributed by atoms with Crippen LogP contribution in [0.15, 0.2) is 29.2 Å². The molecule has 3 heteroatoms. The number of nitrogens with two attached hydrogens (primary N) is 1. The van der Waals surface area contributed by atoms with Crippen molar-refractivity contribution in [2.24, 2.45) is 23.5 Å². The zero-order valence-electron chi connectivity index (χ0n) is 11.2. The van der Waals surface area contributed by atoms with E-state index < -0.39 is 0 Å². The first-order valence-corrected chi connectivity index (χ1v) is 8.71. The van der Waals surface area contributed by atoms with Gasteiger partial charge in [-0.25, -0.2) is 0 Å². The lowest BCUT2D eigenvalue weighted by molar-refractivity contribution is 0.301. The summed E-state index contributed by atoms with van der Waals surface area (Å²) in [5.41, 5.74) is 6.32. The Hall–Kier alpha value is -0.180. The Morgan fingerprint density at radius 1 is 1.26 bits per heavy atom. The van der Waals surface area contributed by atoms with E-state index in [1.165, 1.54) is 32.1 Å². The van der Waals surface area contributed by atoms with Crippen molar-refractivity contribution in [3.05, 3.63) is 29.3 Å². The highest BCUT2D eigenvalue weighted by Gasteiger charge is 2.39. The zero-order valence-corrected chi connectivity index (χ0v) is 12.8. The van der Waals surface area contributed by atoms with Crippen LogP contribution in [0.2, 0.25) is 5.02 Å². The Morgan fingerprint density at radius 2 is 2.11 bits per heavy atom. The smallest absolute Gasteiger partial charge is 0.0541 e. The fourth-order valence-corrected chi connectivity index (χ4v) is 5.09. The molecule has 2 N–H and O–H groups in total. The number of rotatable bonds is 5. The summed E-state index contributed by atoms with van der Waals surface area (Å²) in [6.07, 6.45) is 7.06. The second kappa shape index (κ2) is 6.07. The average molecular weight is 296 g/mol. The molecule has 19 heavy (non-hydrogen) atoms. The van der Waals surface area contributed by atoms with Crippen molar-refractivity contribution in [3.63, 3.8) is 0 Å². The van der Waals surface area contributed by atoms with Crippen LogP contribution in [0.25, 0.3) is 0 Å². The van der Waals surface area contributed by atoms with Gasteiger partial charge in [0.15, 0.2) is 0 Å². The van der Waals surface area contributed by atoms with Gasteiger partial charge in [0.05, 0.1) is 5.02 Å². The highest BCUT2D eigenvalue weighted by Crippen LogP contribution is 2.49. The molecule has 2 aliphatic rings. The van der Waals surface area contributed by atoms with E-state index in [9.17, 15) is 0 Å². The number of thioether (sulfide) groups is 1. The van der Waals surface area contributed by atoms with E-state index >= 15 is 0 Å². The molecule has 0 saturated heterocycles. The number of hydrogen-bond acceptors (Lipinski definition) is 2. The fraction of sp³-hybridized carbons (Fsp3) is 0.625. The molecule has 3 rings (SSSR count). The summed E-state index contributed by atoms with van der Waals surface area (Å²) in [5, 5.41) is 0.847. The SMILES string of the molecule is NC(CSc1ccccc1Cl)CC1CC2CCC1C2. The van der Waals surface area contributed by atoms with Gasteiger partial charge in [-0.2, -0.15) is 0 Å². The minimum absolute atomic E-state index is 0.311. The van der Waals surface area contributed by atoms with E-state index in [2.05, 4.69) is 6.07 Å². The summed E-state index contributed by atoms with van der Waals surface area (Å²) in [4.78, 5) is 1.16. The lowest BCUT2D eigenvalue weighted by atomic mass is 9.85. The molecule has 0 aromatic heterocycles. The molecule has 4 atom stereocenters. The number of benzene rings is 1. The molecule has 0 amide bonds. The molecular weight excluding hydrogens is 274 g/mol. The van der Waals surface area contributed by atoms with E-state index in [4.69, 9.17) is 17.3 Å². The van der Waals surface area contributed by atoms with Crippen molar-refractivity contribution in [2.45, 2.75) is 43.0 Å². The van der Waals surface area contributed by atoms with Crippen molar-refractivity contribution in [1.82, 2.24) is 0 Å². The highest BCUT2D eigenvalue weighted by molar-refractivity contribution is 7.99. The molecule has 2 fully saturated rings. The van der Waals surface area contributed by atoms with E-state index in [1.807, 2.05) is 18.2 Å². The maximum Gasteiger partial charge on any atom is 0.0541 e. The third-order valence-electron chi connectivity index (χ3n) is 4.78. The van der Waals surface area contributed by atoms with Gasteiger partial charge in [0, 0.05) is 16.7 Å². The Balaban J connectivity index is 1.47. The summed E-state index contributed by atoms with van der Waals surface area (Å²) >= 11 is 7.97. The monoisotopic (exact) mass is 295 g/mol. The molecule has 0 spiro atoms. The van der Waals surface area contributed by atoms with Gasteiger partial charge < -0.3 is 5.73 Å². The number of hydrogen-bond donors (Lipinski definition) is 1. The van der Waals surface area contributed by atoms with Gasteiger partial charge in [0.25, 0.3) is 0 Å². The summed E-state index contributed by atoms with van der Waals surface area (Å²) in [6, 6.07) is 8.35. The molecule has 2 bridgehead atoms.